The van der Waals surface area contributed by atoms with Gasteiger partial charge in [0.1, 0.15) is 0 Å². The lowest BCUT2D eigenvalue weighted by Gasteiger charge is -2.04. The normalized spacial score (nSPS) is 10.4. The van der Waals surface area contributed by atoms with Gasteiger partial charge < -0.3 is 10.2 Å². The van der Waals surface area contributed by atoms with Crippen molar-refractivity contribution in [2.75, 3.05) is 5.75 Å². The molecule has 0 radical (unpaired) electrons. The number of Topliss-reactive ketones (excluding diaryl/α,β-unsaturated/α-hetero) is 1. The second-order valence-corrected chi connectivity index (χ2v) is 5.67. The van der Waals surface area contributed by atoms with Crippen LogP contribution in [-0.2, 0) is 5.75 Å². The van der Waals surface area contributed by atoms with Gasteiger partial charge in [-0.3, -0.25) is 4.79 Å². The number of hydrogen-bond donors (Lipinski definition) is 2. The first-order chi connectivity index (χ1) is 9.56. The quantitative estimate of drug-likeness (QED) is 0.650. The van der Waals surface area contributed by atoms with E-state index < -0.39 is 0 Å². The summed E-state index contributed by atoms with van der Waals surface area (Å²) in [4.78, 5) is 11.9. The number of aromatic hydroxyl groups is 2. The van der Waals surface area contributed by atoms with Crippen molar-refractivity contribution in [2.45, 2.75) is 5.75 Å². The number of phenolic OH excluding ortho intramolecular Hbond substituents is 2. The molecule has 0 fully saturated rings. The lowest BCUT2D eigenvalue weighted by Crippen LogP contribution is -2.02. The Labute approximate surface area is 126 Å². The Kier molecular flexibility index (Phi) is 4.93. The lowest BCUT2D eigenvalue weighted by molar-refractivity contribution is 0.102. The van der Waals surface area contributed by atoms with Crippen molar-refractivity contribution < 1.29 is 15.0 Å². The van der Waals surface area contributed by atoms with Gasteiger partial charge in [-0.2, -0.15) is 0 Å². The zero-order chi connectivity index (χ0) is 14.5. The summed E-state index contributed by atoms with van der Waals surface area (Å²) in [6.07, 6.45) is 0. The average molecular weight is 309 g/mol. The monoisotopic (exact) mass is 308 g/mol. The third-order valence-corrected chi connectivity index (χ3v) is 3.97. The summed E-state index contributed by atoms with van der Waals surface area (Å²) in [5.74, 6) is 0.438. The first-order valence-corrected chi connectivity index (χ1v) is 7.47. The van der Waals surface area contributed by atoms with Crippen LogP contribution < -0.4 is 0 Å². The second kappa shape index (κ2) is 6.68. The van der Waals surface area contributed by atoms with Crippen molar-refractivity contribution >= 4 is 29.1 Å². The largest absolute Gasteiger partial charge is 0.504 e. The average Bonchev–Trinajstić information content (AvgIpc) is 2.44. The van der Waals surface area contributed by atoms with E-state index in [1.165, 1.54) is 30.0 Å². The second-order valence-electron chi connectivity index (χ2n) is 4.25. The Bertz CT molecular complexity index is 611. The number of benzene rings is 2. The maximum atomic E-state index is 11.9. The van der Waals surface area contributed by atoms with E-state index in [1.807, 2.05) is 24.3 Å². The zero-order valence-electron chi connectivity index (χ0n) is 10.5. The third-order valence-electron chi connectivity index (χ3n) is 2.71. The molecule has 0 aliphatic rings. The molecule has 0 saturated carbocycles. The fourth-order valence-electron chi connectivity index (χ4n) is 1.62. The van der Waals surface area contributed by atoms with Crippen molar-refractivity contribution in [1.82, 2.24) is 0 Å². The summed E-state index contributed by atoms with van der Waals surface area (Å²) in [5.41, 5.74) is 1.49. The highest BCUT2D eigenvalue weighted by atomic mass is 35.5. The molecule has 0 atom stereocenters. The van der Waals surface area contributed by atoms with Gasteiger partial charge in [-0.1, -0.05) is 23.7 Å². The van der Waals surface area contributed by atoms with E-state index in [0.717, 1.165) is 5.56 Å². The molecule has 2 aromatic carbocycles. The molecule has 2 aromatic rings. The first kappa shape index (κ1) is 14.8. The maximum absolute atomic E-state index is 11.9. The number of rotatable bonds is 5. The molecular weight excluding hydrogens is 296 g/mol. The molecule has 0 amide bonds. The maximum Gasteiger partial charge on any atom is 0.172 e. The molecule has 0 spiro atoms. The lowest BCUT2D eigenvalue weighted by atomic mass is 10.1. The van der Waals surface area contributed by atoms with Crippen molar-refractivity contribution in [1.29, 1.82) is 0 Å². The van der Waals surface area contributed by atoms with E-state index in [9.17, 15) is 15.0 Å². The fourth-order valence-corrected chi connectivity index (χ4v) is 2.63. The summed E-state index contributed by atoms with van der Waals surface area (Å²) in [5, 5.41) is 19.2. The molecule has 0 bridgehead atoms. The summed E-state index contributed by atoms with van der Waals surface area (Å²) >= 11 is 7.29. The van der Waals surface area contributed by atoms with E-state index >= 15 is 0 Å². The van der Waals surface area contributed by atoms with Gasteiger partial charge in [0, 0.05) is 16.3 Å². The van der Waals surface area contributed by atoms with Gasteiger partial charge in [0.25, 0.3) is 0 Å². The van der Waals surface area contributed by atoms with Crippen LogP contribution >= 0.6 is 23.4 Å². The molecule has 2 N–H and O–H groups in total. The Hall–Kier alpha value is -1.65. The number of phenols is 2. The minimum absolute atomic E-state index is 0.0840. The van der Waals surface area contributed by atoms with E-state index in [2.05, 4.69) is 0 Å². The standard InChI is InChI=1S/C15H13ClO3S/c16-12-4-1-10(2-5-12)8-20-9-15(19)11-3-6-13(17)14(18)7-11/h1-7,17-18H,8-9H2. The Morgan fingerprint density at radius 3 is 2.40 bits per heavy atom. The highest BCUT2D eigenvalue weighted by molar-refractivity contribution is 7.99. The fraction of sp³-hybridized carbons (Fsp3) is 0.133. The topological polar surface area (TPSA) is 57.5 Å². The van der Waals surface area contributed by atoms with Crippen LogP contribution in [0, 0.1) is 0 Å². The molecule has 2 rings (SSSR count). The summed E-state index contributed by atoms with van der Waals surface area (Å²) in [6, 6.07) is 11.6. The summed E-state index contributed by atoms with van der Waals surface area (Å²) in [6.45, 7) is 0. The van der Waals surface area contributed by atoms with E-state index in [-0.39, 0.29) is 17.3 Å². The molecule has 0 aromatic heterocycles. The van der Waals surface area contributed by atoms with Crippen LogP contribution in [-0.4, -0.2) is 21.7 Å². The van der Waals surface area contributed by atoms with E-state index in [1.54, 1.807) is 0 Å². The van der Waals surface area contributed by atoms with Crippen LogP contribution in [0.4, 0.5) is 0 Å². The molecular formula is C15H13ClO3S. The zero-order valence-corrected chi connectivity index (χ0v) is 12.1. The molecule has 0 aliphatic carbocycles. The Morgan fingerprint density at radius 1 is 1.05 bits per heavy atom. The predicted molar refractivity (Wildman–Crippen MR) is 81.7 cm³/mol. The van der Waals surface area contributed by atoms with Crippen LogP contribution in [0.3, 0.4) is 0 Å². The van der Waals surface area contributed by atoms with Crippen molar-refractivity contribution in [2.24, 2.45) is 0 Å². The summed E-state index contributed by atoms with van der Waals surface area (Å²) in [7, 11) is 0. The van der Waals surface area contributed by atoms with Crippen LogP contribution in [0.2, 0.25) is 5.02 Å². The molecule has 0 unspecified atom stereocenters. The van der Waals surface area contributed by atoms with Crippen LogP contribution in [0.15, 0.2) is 42.5 Å². The smallest absolute Gasteiger partial charge is 0.172 e. The van der Waals surface area contributed by atoms with Crippen LogP contribution in [0.25, 0.3) is 0 Å². The molecule has 20 heavy (non-hydrogen) atoms. The molecule has 0 saturated heterocycles. The van der Waals surface area contributed by atoms with Crippen LogP contribution in [0.5, 0.6) is 11.5 Å². The van der Waals surface area contributed by atoms with Gasteiger partial charge in [0.05, 0.1) is 5.75 Å². The minimum atomic E-state index is -0.279. The molecule has 3 nitrogen and oxygen atoms in total. The number of hydrogen-bond acceptors (Lipinski definition) is 4. The van der Waals surface area contributed by atoms with E-state index in [0.29, 0.717) is 22.1 Å². The minimum Gasteiger partial charge on any atom is -0.504 e. The van der Waals surface area contributed by atoms with Gasteiger partial charge in [0.2, 0.25) is 0 Å². The number of carbonyl (C=O) groups excluding carboxylic acids is 1. The van der Waals surface area contributed by atoms with Gasteiger partial charge in [0.15, 0.2) is 17.3 Å². The van der Waals surface area contributed by atoms with Gasteiger partial charge in [-0.15, -0.1) is 11.8 Å². The van der Waals surface area contributed by atoms with Crippen molar-refractivity contribution in [3.05, 3.63) is 58.6 Å². The van der Waals surface area contributed by atoms with E-state index in [4.69, 9.17) is 11.6 Å². The third kappa shape index (κ3) is 3.92. The van der Waals surface area contributed by atoms with Gasteiger partial charge in [-0.25, -0.2) is 0 Å². The highest BCUT2D eigenvalue weighted by Crippen LogP contribution is 2.25. The summed E-state index contributed by atoms with van der Waals surface area (Å²) < 4.78 is 0. The molecule has 104 valence electrons. The number of ketones is 1. The molecule has 5 heteroatoms. The van der Waals surface area contributed by atoms with Crippen molar-refractivity contribution in [3.63, 3.8) is 0 Å². The van der Waals surface area contributed by atoms with Crippen molar-refractivity contribution in [3.8, 4) is 11.5 Å². The van der Waals surface area contributed by atoms with Crippen LogP contribution in [0.1, 0.15) is 15.9 Å². The molecule has 0 aliphatic heterocycles. The highest BCUT2D eigenvalue weighted by Gasteiger charge is 2.09. The van der Waals surface area contributed by atoms with Gasteiger partial charge in [-0.05, 0) is 35.9 Å². The number of thioether (sulfide) groups is 1. The number of halogens is 1. The van der Waals surface area contributed by atoms with Gasteiger partial charge >= 0.3 is 0 Å². The molecule has 0 heterocycles. The Morgan fingerprint density at radius 2 is 1.75 bits per heavy atom. The first-order valence-electron chi connectivity index (χ1n) is 5.93. The number of carbonyl (C=O) groups is 1. The Balaban J connectivity index is 1.88. The SMILES string of the molecule is O=C(CSCc1ccc(Cl)cc1)c1ccc(O)c(O)c1. The predicted octanol–water partition coefficient (Wildman–Crippen LogP) is 3.87.